The molecule has 0 heterocycles. The summed E-state index contributed by atoms with van der Waals surface area (Å²) in [5, 5.41) is 3.17. The Labute approximate surface area is 92.5 Å². The lowest BCUT2D eigenvalue weighted by atomic mass is 10.3. The van der Waals surface area contributed by atoms with Crippen molar-refractivity contribution in [3.63, 3.8) is 0 Å². The number of hydrogen-bond donors (Lipinski definition) is 1. The number of alkyl halides is 1. The van der Waals surface area contributed by atoms with E-state index in [1.54, 1.807) is 7.11 Å². The smallest absolute Gasteiger partial charge is 0.319 e. The largest absolute Gasteiger partial charge is 0.468 e. The first-order valence-electron chi connectivity index (χ1n) is 4.06. The standard InChI is InChI=1S/C8H16INO3/c1-6(5-12-2)10-4-7(9)8(11)13-3/h6-7,10H,4-5H2,1-3H3. The normalized spacial score (nSPS) is 15.1. The van der Waals surface area contributed by atoms with Crippen LogP contribution in [0.15, 0.2) is 0 Å². The molecular formula is C8H16INO3. The Morgan fingerprint density at radius 2 is 2.15 bits per heavy atom. The van der Waals surface area contributed by atoms with Crippen molar-refractivity contribution in [1.29, 1.82) is 0 Å². The summed E-state index contributed by atoms with van der Waals surface area (Å²) in [6.07, 6.45) is 0. The molecular weight excluding hydrogens is 285 g/mol. The van der Waals surface area contributed by atoms with Crippen LogP contribution in [0.4, 0.5) is 0 Å². The van der Waals surface area contributed by atoms with Gasteiger partial charge in [0.1, 0.15) is 3.92 Å². The topological polar surface area (TPSA) is 47.6 Å². The van der Waals surface area contributed by atoms with Crippen molar-refractivity contribution in [2.45, 2.75) is 16.9 Å². The van der Waals surface area contributed by atoms with Gasteiger partial charge in [-0.25, -0.2) is 0 Å². The lowest BCUT2D eigenvalue weighted by Crippen LogP contribution is -2.37. The molecule has 0 rings (SSSR count). The summed E-state index contributed by atoms with van der Waals surface area (Å²) < 4.78 is 9.39. The Bertz CT molecular complexity index is 154. The molecule has 0 aliphatic rings. The molecule has 78 valence electrons. The van der Waals surface area contributed by atoms with Gasteiger partial charge in [-0.15, -0.1) is 0 Å². The number of carbonyl (C=O) groups excluding carboxylic acids is 1. The Hall–Kier alpha value is 0.120. The highest BCUT2D eigenvalue weighted by atomic mass is 127. The van der Waals surface area contributed by atoms with E-state index in [0.717, 1.165) is 0 Å². The first kappa shape index (κ1) is 13.1. The molecule has 0 saturated heterocycles. The molecule has 0 spiro atoms. The molecule has 1 N–H and O–H groups in total. The highest BCUT2D eigenvalue weighted by molar-refractivity contribution is 14.1. The van der Waals surface area contributed by atoms with Gasteiger partial charge >= 0.3 is 5.97 Å². The number of esters is 1. The number of ether oxygens (including phenoxy) is 2. The van der Waals surface area contributed by atoms with E-state index in [1.807, 2.05) is 6.92 Å². The van der Waals surface area contributed by atoms with Gasteiger partial charge < -0.3 is 14.8 Å². The molecule has 0 aromatic heterocycles. The van der Waals surface area contributed by atoms with Crippen LogP contribution >= 0.6 is 22.6 Å². The molecule has 0 aromatic rings. The van der Waals surface area contributed by atoms with Crippen molar-refractivity contribution >= 4 is 28.6 Å². The van der Waals surface area contributed by atoms with Gasteiger partial charge in [0, 0.05) is 19.7 Å². The molecule has 0 radical (unpaired) electrons. The minimum absolute atomic E-state index is 0.137. The van der Waals surface area contributed by atoms with E-state index in [1.165, 1.54) is 7.11 Å². The first-order chi connectivity index (χ1) is 6.11. The molecule has 2 unspecified atom stereocenters. The van der Waals surface area contributed by atoms with Gasteiger partial charge in [0.2, 0.25) is 0 Å². The van der Waals surface area contributed by atoms with E-state index < -0.39 is 0 Å². The Morgan fingerprint density at radius 1 is 1.54 bits per heavy atom. The zero-order valence-corrected chi connectivity index (χ0v) is 10.3. The lowest BCUT2D eigenvalue weighted by Gasteiger charge is -2.14. The molecule has 0 aromatic carbocycles. The molecule has 2 atom stereocenters. The van der Waals surface area contributed by atoms with Crippen molar-refractivity contribution in [1.82, 2.24) is 5.32 Å². The highest BCUT2D eigenvalue weighted by Crippen LogP contribution is 2.01. The Kier molecular flexibility index (Phi) is 7.59. The number of rotatable bonds is 6. The van der Waals surface area contributed by atoms with Crippen LogP contribution in [0.5, 0.6) is 0 Å². The van der Waals surface area contributed by atoms with E-state index in [-0.39, 0.29) is 15.9 Å². The Balaban J connectivity index is 3.56. The monoisotopic (exact) mass is 301 g/mol. The fourth-order valence-corrected chi connectivity index (χ4v) is 1.33. The van der Waals surface area contributed by atoms with Crippen LogP contribution in [-0.2, 0) is 14.3 Å². The van der Waals surface area contributed by atoms with Crippen molar-refractivity contribution in [2.75, 3.05) is 27.4 Å². The number of carbonyl (C=O) groups is 1. The van der Waals surface area contributed by atoms with Gasteiger partial charge in [0.15, 0.2) is 0 Å². The van der Waals surface area contributed by atoms with Gasteiger partial charge in [-0.3, -0.25) is 4.79 Å². The predicted octanol–water partition coefficient (Wildman–Crippen LogP) is 0.587. The third kappa shape index (κ3) is 6.23. The van der Waals surface area contributed by atoms with Crippen molar-refractivity contribution < 1.29 is 14.3 Å². The fraction of sp³-hybridized carbons (Fsp3) is 0.875. The number of hydrogen-bond acceptors (Lipinski definition) is 4. The molecule has 0 aliphatic heterocycles. The number of nitrogens with one attached hydrogen (secondary N) is 1. The van der Waals surface area contributed by atoms with Crippen LogP contribution in [0.3, 0.4) is 0 Å². The second-order valence-corrected chi connectivity index (χ2v) is 4.26. The molecule has 13 heavy (non-hydrogen) atoms. The summed E-state index contributed by atoms with van der Waals surface area (Å²) in [6.45, 7) is 3.26. The van der Waals surface area contributed by atoms with E-state index in [2.05, 4.69) is 32.6 Å². The molecule has 5 heteroatoms. The van der Waals surface area contributed by atoms with E-state index in [0.29, 0.717) is 13.2 Å². The zero-order chi connectivity index (χ0) is 10.3. The maximum atomic E-state index is 11.0. The third-order valence-electron chi connectivity index (χ3n) is 1.52. The molecule has 0 bridgehead atoms. The van der Waals surface area contributed by atoms with Crippen LogP contribution in [0, 0.1) is 0 Å². The third-order valence-corrected chi connectivity index (χ3v) is 2.47. The summed E-state index contributed by atoms with van der Waals surface area (Å²) in [5.74, 6) is -0.197. The van der Waals surface area contributed by atoms with E-state index in [4.69, 9.17) is 4.74 Å². The summed E-state index contributed by atoms with van der Waals surface area (Å²) in [5.41, 5.74) is 0. The maximum absolute atomic E-state index is 11.0. The Morgan fingerprint density at radius 3 is 2.62 bits per heavy atom. The van der Waals surface area contributed by atoms with Crippen LogP contribution in [0.2, 0.25) is 0 Å². The van der Waals surface area contributed by atoms with Crippen molar-refractivity contribution in [3.05, 3.63) is 0 Å². The molecule has 0 saturated carbocycles. The van der Waals surface area contributed by atoms with E-state index in [9.17, 15) is 4.79 Å². The van der Waals surface area contributed by atoms with Crippen LogP contribution in [0.1, 0.15) is 6.92 Å². The van der Waals surface area contributed by atoms with Gasteiger partial charge in [0.25, 0.3) is 0 Å². The summed E-state index contributed by atoms with van der Waals surface area (Å²) in [7, 11) is 3.05. The number of halogens is 1. The second-order valence-electron chi connectivity index (χ2n) is 2.76. The average molecular weight is 301 g/mol. The summed E-state index contributed by atoms with van der Waals surface area (Å²) in [6, 6.07) is 0.256. The van der Waals surface area contributed by atoms with Crippen molar-refractivity contribution in [2.24, 2.45) is 0 Å². The lowest BCUT2D eigenvalue weighted by molar-refractivity contribution is -0.139. The van der Waals surface area contributed by atoms with E-state index >= 15 is 0 Å². The van der Waals surface area contributed by atoms with Gasteiger partial charge in [-0.1, -0.05) is 22.6 Å². The summed E-state index contributed by atoms with van der Waals surface area (Å²) in [4.78, 5) is 11.0. The first-order valence-corrected chi connectivity index (χ1v) is 5.30. The van der Waals surface area contributed by atoms with Gasteiger partial charge in [-0.05, 0) is 6.92 Å². The molecule has 4 nitrogen and oxygen atoms in total. The van der Waals surface area contributed by atoms with Gasteiger partial charge in [0.05, 0.1) is 13.7 Å². The van der Waals surface area contributed by atoms with Crippen LogP contribution in [-0.4, -0.2) is 43.3 Å². The minimum Gasteiger partial charge on any atom is -0.468 e. The molecule has 0 amide bonds. The minimum atomic E-state index is -0.197. The number of methoxy groups -OCH3 is 2. The summed E-state index contributed by atoms with van der Waals surface area (Å²) >= 11 is 2.05. The molecule has 0 aliphatic carbocycles. The quantitative estimate of drug-likeness (QED) is 0.443. The zero-order valence-electron chi connectivity index (χ0n) is 8.17. The van der Waals surface area contributed by atoms with Crippen LogP contribution < -0.4 is 5.32 Å². The molecule has 0 fully saturated rings. The average Bonchev–Trinajstić information content (AvgIpc) is 2.13. The SMILES string of the molecule is COCC(C)NCC(I)C(=O)OC. The van der Waals surface area contributed by atoms with Gasteiger partial charge in [-0.2, -0.15) is 0 Å². The predicted molar refractivity (Wildman–Crippen MR) is 59.2 cm³/mol. The van der Waals surface area contributed by atoms with Crippen molar-refractivity contribution in [3.8, 4) is 0 Å². The highest BCUT2D eigenvalue weighted by Gasteiger charge is 2.15. The fourth-order valence-electron chi connectivity index (χ4n) is 0.825. The maximum Gasteiger partial charge on any atom is 0.319 e. The second kappa shape index (κ2) is 7.52. The van der Waals surface area contributed by atoms with Crippen LogP contribution in [0.25, 0.3) is 0 Å².